The van der Waals surface area contributed by atoms with Crippen LogP contribution >= 0.6 is 0 Å². The van der Waals surface area contributed by atoms with Gasteiger partial charge in [-0.1, -0.05) is 5.16 Å². The summed E-state index contributed by atoms with van der Waals surface area (Å²) < 4.78 is 15.7. The first-order valence-corrected chi connectivity index (χ1v) is 7.70. The lowest BCUT2D eigenvalue weighted by Gasteiger charge is -2.31. The predicted molar refractivity (Wildman–Crippen MR) is 79.5 cm³/mol. The van der Waals surface area contributed by atoms with Crippen molar-refractivity contribution in [1.82, 2.24) is 15.0 Å². The van der Waals surface area contributed by atoms with Crippen molar-refractivity contribution in [3.05, 3.63) is 35.5 Å². The number of benzene rings is 1. The van der Waals surface area contributed by atoms with Gasteiger partial charge in [-0.25, -0.2) is 0 Å². The Balaban J connectivity index is 1.51. The van der Waals surface area contributed by atoms with E-state index >= 15 is 0 Å². The molecule has 0 spiro atoms. The van der Waals surface area contributed by atoms with E-state index in [1.165, 1.54) is 0 Å². The summed E-state index contributed by atoms with van der Waals surface area (Å²) in [5.74, 6) is 2.66. The number of amides is 1. The normalized spacial score (nSPS) is 19.9. The molecule has 0 bridgehead atoms. The Hall–Kier alpha value is -2.57. The molecule has 2 aliphatic heterocycles. The van der Waals surface area contributed by atoms with Crippen molar-refractivity contribution in [2.24, 2.45) is 0 Å². The van der Waals surface area contributed by atoms with Gasteiger partial charge in [0.2, 0.25) is 12.7 Å². The van der Waals surface area contributed by atoms with Crippen molar-refractivity contribution in [3.8, 4) is 11.5 Å². The van der Waals surface area contributed by atoms with Crippen molar-refractivity contribution >= 4 is 5.91 Å². The average molecular weight is 315 g/mol. The summed E-state index contributed by atoms with van der Waals surface area (Å²) in [7, 11) is 0. The second-order valence-corrected chi connectivity index (χ2v) is 5.83. The molecule has 7 nitrogen and oxygen atoms in total. The fraction of sp³-hybridized carbons (Fsp3) is 0.438. The third kappa shape index (κ3) is 2.62. The maximum absolute atomic E-state index is 12.7. The minimum atomic E-state index is -0.00628. The zero-order valence-corrected chi connectivity index (χ0v) is 12.8. The number of ether oxygens (including phenoxy) is 2. The summed E-state index contributed by atoms with van der Waals surface area (Å²) in [6.45, 7) is 3.32. The molecule has 2 aliphatic rings. The Morgan fingerprint density at radius 3 is 3.00 bits per heavy atom. The SMILES string of the molecule is Cc1nc([C@@H]2CCCN(C(=O)c3ccc4c(c3)OCO4)C2)no1. The first-order valence-electron chi connectivity index (χ1n) is 7.70. The lowest BCUT2D eigenvalue weighted by molar-refractivity contribution is 0.0703. The number of aromatic nitrogens is 2. The highest BCUT2D eigenvalue weighted by Crippen LogP contribution is 2.33. The topological polar surface area (TPSA) is 77.7 Å². The van der Waals surface area contributed by atoms with Crippen LogP contribution in [-0.2, 0) is 0 Å². The molecule has 1 aromatic heterocycles. The summed E-state index contributed by atoms with van der Waals surface area (Å²) in [6.07, 6.45) is 1.89. The smallest absolute Gasteiger partial charge is 0.254 e. The van der Waals surface area contributed by atoms with Crippen LogP contribution in [-0.4, -0.2) is 40.8 Å². The van der Waals surface area contributed by atoms with Gasteiger partial charge in [0.15, 0.2) is 17.3 Å². The quantitative estimate of drug-likeness (QED) is 0.845. The highest BCUT2D eigenvalue weighted by Gasteiger charge is 2.29. The van der Waals surface area contributed by atoms with Crippen LogP contribution in [0.5, 0.6) is 11.5 Å². The van der Waals surface area contributed by atoms with Gasteiger partial charge in [0.25, 0.3) is 5.91 Å². The van der Waals surface area contributed by atoms with Crippen LogP contribution < -0.4 is 9.47 Å². The molecule has 1 saturated heterocycles. The Morgan fingerprint density at radius 1 is 1.30 bits per heavy atom. The van der Waals surface area contributed by atoms with E-state index in [-0.39, 0.29) is 18.6 Å². The molecule has 3 heterocycles. The van der Waals surface area contributed by atoms with Gasteiger partial charge in [-0.15, -0.1) is 0 Å². The number of carbonyl (C=O) groups excluding carboxylic acids is 1. The maximum Gasteiger partial charge on any atom is 0.254 e. The lowest BCUT2D eigenvalue weighted by Crippen LogP contribution is -2.39. The Kier molecular flexibility index (Phi) is 3.40. The van der Waals surface area contributed by atoms with E-state index < -0.39 is 0 Å². The maximum atomic E-state index is 12.7. The molecule has 0 radical (unpaired) electrons. The third-order valence-electron chi connectivity index (χ3n) is 4.24. The van der Waals surface area contributed by atoms with E-state index in [0.29, 0.717) is 35.3 Å². The van der Waals surface area contributed by atoms with Crippen LogP contribution in [0.3, 0.4) is 0 Å². The van der Waals surface area contributed by atoms with Gasteiger partial charge < -0.3 is 18.9 Å². The second-order valence-electron chi connectivity index (χ2n) is 5.83. The molecule has 1 aromatic carbocycles. The number of carbonyl (C=O) groups is 1. The molecule has 120 valence electrons. The van der Waals surface area contributed by atoms with Gasteiger partial charge in [-0.2, -0.15) is 4.98 Å². The van der Waals surface area contributed by atoms with Crippen molar-refractivity contribution in [2.75, 3.05) is 19.9 Å². The Morgan fingerprint density at radius 2 is 2.17 bits per heavy atom. The van der Waals surface area contributed by atoms with E-state index in [1.807, 2.05) is 4.90 Å². The van der Waals surface area contributed by atoms with Crippen LogP contribution in [0.1, 0.15) is 40.8 Å². The number of aryl methyl sites for hydroxylation is 1. The monoisotopic (exact) mass is 315 g/mol. The van der Waals surface area contributed by atoms with E-state index in [1.54, 1.807) is 25.1 Å². The highest BCUT2D eigenvalue weighted by atomic mass is 16.7. The predicted octanol–water partition coefficient (Wildman–Crippen LogP) is 2.13. The minimum absolute atomic E-state index is 0.00628. The van der Waals surface area contributed by atoms with Crippen LogP contribution in [0.4, 0.5) is 0 Å². The summed E-state index contributed by atoms with van der Waals surface area (Å²) in [5, 5.41) is 3.99. The van der Waals surface area contributed by atoms with E-state index in [9.17, 15) is 4.79 Å². The number of hydrogen-bond donors (Lipinski definition) is 0. The van der Waals surface area contributed by atoms with Crippen molar-refractivity contribution in [1.29, 1.82) is 0 Å². The second kappa shape index (κ2) is 5.57. The largest absolute Gasteiger partial charge is 0.454 e. The summed E-state index contributed by atoms with van der Waals surface area (Å²) >= 11 is 0. The number of nitrogens with zero attached hydrogens (tertiary/aromatic N) is 3. The van der Waals surface area contributed by atoms with Crippen molar-refractivity contribution in [2.45, 2.75) is 25.7 Å². The fourth-order valence-corrected chi connectivity index (χ4v) is 3.07. The van der Waals surface area contributed by atoms with Crippen molar-refractivity contribution in [3.63, 3.8) is 0 Å². The molecule has 0 saturated carbocycles. The van der Waals surface area contributed by atoms with Crippen LogP contribution in [0, 0.1) is 6.92 Å². The molecule has 2 aromatic rings. The average Bonchev–Trinajstić information content (AvgIpc) is 3.22. The molecule has 4 rings (SSSR count). The molecule has 0 aliphatic carbocycles. The van der Waals surface area contributed by atoms with Gasteiger partial charge in [0.1, 0.15) is 0 Å². The standard InChI is InChI=1S/C16H17N3O4/c1-10-17-15(18-23-10)12-3-2-6-19(8-12)16(20)11-4-5-13-14(7-11)22-9-21-13/h4-5,7,12H,2-3,6,8-9H2,1H3/t12-/m1/s1. The summed E-state index contributed by atoms with van der Waals surface area (Å²) in [5.41, 5.74) is 0.610. The molecule has 7 heteroatoms. The number of hydrogen-bond acceptors (Lipinski definition) is 6. The number of likely N-dealkylation sites (tertiary alicyclic amines) is 1. The zero-order chi connectivity index (χ0) is 15.8. The fourth-order valence-electron chi connectivity index (χ4n) is 3.07. The third-order valence-corrected chi connectivity index (χ3v) is 4.24. The van der Waals surface area contributed by atoms with Gasteiger partial charge in [0, 0.05) is 31.5 Å². The number of rotatable bonds is 2. The Bertz CT molecular complexity index is 743. The van der Waals surface area contributed by atoms with Gasteiger partial charge >= 0.3 is 0 Å². The van der Waals surface area contributed by atoms with E-state index in [2.05, 4.69) is 10.1 Å². The van der Waals surface area contributed by atoms with Crippen LogP contribution in [0.25, 0.3) is 0 Å². The highest BCUT2D eigenvalue weighted by molar-refractivity contribution is 5.95. The van der Waals surface area contributed by atoms with Gasteiger partial charge in [-0.3, -0.25) is 4.79 Å². The molecule has 0 unspecified atom stereocenters. The van der Waals surface area contributed by atoms with Crippen molar-refractivity contribution < 1.29 is 18.8 Å². The van der Waals surface area contributed by atoms with E-state index in [0.717, 1.165) is 19.4 Å². The first kappa shape index (κ1) is 14.0. The van der Waals surface area contributed by atoms with E-state index in [4.69, 9.17) is 14.0 Å². The summed E-state index contributed by atoms with van der Waals surface area (Å²) in [6, 6.07) is 5.30. The van der Waals surface area contributed by atoms with Crippen LogP contribution in [0.15, 0.2) is 22.7 Å². The molecule has 23 heavy (non-hydrogen) atoms. The Labute approximate surface area is 133 Å². The lowest BCUT2D eigenvalue weighted by atomic mass is 9.96. The number of fused-ring (bicyclic) bond motifs is 1. The first-order chi connectivity index (χ1) is 11.2. The number of piperidine rings is 1. The van der Waals surface area contributed by atoms with Gasteiger partial charge in [0.05, 0.1) is 0 Å². The summed E-state index contributed by atoms with van der Waals surface area (Å²) in [4.78, 5) is 18.9. The molecule has 1 amide bonds. The molecular formula is C16H17N3O4. The van der Waals surface area contributed by atoms with Gasteiger partial charge in [-0.05, 0) is 31.0 Å². The molecular weight excluding hydrogens is 298 g/mol. The van der Waals surface area contributed by atoms with Crippen LogP contribution in [0.2, 0.25) is 0 Å². The minimum Gasteiger partial charge on any atom is -0.454 e. The molecule has 1 fully saturated rings. The zero-order valence-electron chi connectivity index (χ0n) is 12.8. The molecule has 0 N–H and O–H groups in total. The molecule has 1 atom stereocenters.